The molecule has 0 amide bonds. The highest BCUT2D eigenvalue weighted by molar-refractivity contribution is 5.88. The van der Waals surface area contributed by atoms with Crippen molar-refractivity contribution in [3.8, 4) is 0 Å². The van der Waals surface area contributed by atoms with E-state index < -0.39 is 0 Å². The van der Waals surface area contributed by atoms with Gasteiger partial charge in [0.25, 0.3) is 0 Å². The van der Waals surface area contributed by atoms with E-state index in [0.29, 0.717) is 5.92 Å². The Labute approximate surface area is 90.5 Å². The Morgan fingerprint density at radius 1 is 1.13 bits per heavy atom. The molecule has 1 nitrogen and oxygen atoms in total. The zero-order chi connectivity index (χ0) is 10.7. The molecule has 0 saturated carbocycles. The van der Waals surface area contributed by atoms with E-state index in [2.05, 4.69) is 55.2 Å². The number of pyridine rings is 1. The Morgan fingerprint density at radius 2 is 1.93 bits per heavy atom. The molecule has 0 N–H and O–H groups in total. The number of benzene rings is 1. The quantitative estimate of drug-likeness (QED) is 0.711. The van der Waals surface area contributed by atoms with Crippen LogP contribution in [0.1, 0.15) is 19.5 Å². The van der Waals surface area contributed by atoms with Crippen molar-refractivity contribution in [2.75, 3.05) is 0 Å². The smallest absolute Gasteiger partial charge is 0.0704 e. The first kappa shape index (κ1) is 9.91. The molecule has 0 fully saturated rings. The summed E-state index contributed by atoms with van der Waals surface area (Å²) in [5.74, 6) is 0.561. The number of nitrogens with zero attached hydrogens (tertiary/aromatic N) is 1. The summed E-state index contributed by atoms with van der Waals surface area (Å²) in [4.78, 5) is 4.39. The first-order chi connectivity index (χ1) is 7.27. The van der Waals surface area contributed by atoms with Crippen molar-refractivity contribution in [3.05, 3.63) is 48.3 Å². The molecular formula is C14H15N. The fourth-order valence-electron chi connectivity index (χ4n) is 1.56. The second-order valence-corrected chi connectivity index (χ2v) is 4.02. The lowest BCUT2D eigenvalue weighted by atomic mass is 10.1. The van der Waals surface area contributed by atoms with Gasteiger partial charge in [-0.1, -0.05) is 44.2 Å². The van der Waals surface area contributed by atoms with Crippen molar-refractivity contribution in [1.82, 2.24) is 4.98 Å². The van der Waals surface area contributed by atoms with Gasteiger partial charge in [0.15, 0.2) is 0 Å². The van der Waals surface area contributed by atoms with Crippen LogP contribution in [0.25, 0.3) is 16.8 Å². The van der Waals surface area contributed by atoms with Gasteiger partial charge in [0.1, 0.15) is 0 Å². The van der Waals surface area contributed by atoms with Crippen LogP contribution in [-0.4, -0.2) is 4.98 Å². The molecule has 76 valence electrons. The SMILES string of the molecule is CC(C)/C=C/c1nccc2ccccc12. The number of hydrogen-bond acceptors (Lipinski definition) is 1. The van der Waals surface area contributed by atoms with Crippen LogP contribution < -0.4 is 0 Å². The van der Waals surface area contributed by atoms with Gasteiger partial charge in [-0.25, -0.2) is 0 Å². The molecule has 0 spiro atoms. The molecule has 0 aliphatic rings. The average Bonchev–Trinajstić information content (AvgIpc) is 2.26. The van der Waals surface area contributed by atoms with Crippen LogP contribution in [0.2, 0.25) is 0 Å². The molecule has 1 heterocycles. The van der Waals surface area contributed by atoms with Crippen LogP contribution >= 0.6 is 0 Å². The fourth-order valence-corrected chi connectivity index (χ4v) is 1.56. The van der Waals surface area contributed by atoms with E-state index in [1.54, 1.807) is 0 Å². The monoisotopic (exact) mass is 197 g/mol. The van der Waals surface area contributed by atoms with Crippen LogP contribution in [0.4, 0.5) is 0 Å². The lowest BCUT2D eigenvalue weighted by Crippen LogP contribution is -1.84. The third-order valence-corrected chi connectivity index (χ3v) is 2.34. The van der Waals surface area contributed by atoms with E-state index in [1.807, 2.05) is 12.3 Å². The van der Waals surface area contributed by atoms with Gasteiger partial charge >= 0.3 is 0 Å². The van der Waals surface area contributed by atoms with Gasteiger partial charge in [-0.05, 0) is 23.4 Å². The van der Waals surface area contributed by atoms with E-state index in [-0.39, 0.29) is 0 Å². The van der Waals surface area contributed by atoms with E-state index >= 15 is 0 Å². The van der Waals surface area contributed by atoms with E-state index in [9.17, 15) is 0 Å². The lowest BCUT2D eigenvalue weighted by Gasteiger charge is -2.01. The largest absolute Gasteiger partial charge is 0.256 e. The number of hydrogen-bond donors (Lipinski definition) is 0. The summed E-state index contributed by atoms with van der Waals surface area (Å²) in [6.07, 6.45) is 6.14. The van der Waals surface area contributed by atoms with Gasteiger partial charge in [0, 0.05) is 11.6 Å². The Hall–Kier alpha value is -1.63. The molecule has 2 rings (SSSR count). The molecule has 2 aromatic rings. The Bertz CT molecular complexity index is 478. The Balaban J connectivity index is 2.51. The maximum atomic E-state index is 4.39. The molecule has 1 aromatic heterocycles. The summed E-state index contributed by atoms with van der Waals surface area (Å²) >= 11 is 0. The summed E-state index contributed by atoms with van der Waals surface area (Å²) < 4.78 is 0. The second-order valence-electron chi connectivity index (χ2n) is 4.02. The molecule has 0 aliphatic heterocycles. The molecule has 0 aliphatic carbocycles. The third-order valence-electron chi connectivity index (χ3n) is 2.34. The van der Waals surface area contributed by atoms with Crippen LogP contribution in [0.15, 0.2) is 42.6 Å². The normalized spacial score (nSPS) is 11.7. The van der Waals surface area contributed by atoms with Crippen LogP contribution in [0.3, 0.4) is 0 Å². The van der Waals surface area contributed by atoms with Gasteiger partial charge in [-0.2, -0.15) is 0 Å². The predicted octanol–water partition coefficient (Wildman–Crippen LogP) is 3.90. The highest BCUT2D eigenvalue weighted by atomic mass is 14.7. The number of allylic oxidation sites excluding steroid dienone is 1. The predicted molar refractivity (Wildman–Crippen MR) is 65.6 cm³/mol. The van der Waals surface area contributed by atoms with Gasteiger partial charge in [-0.15, -0.1) is 0 Å². The van der Waals surface area contributed by atoms with Crippen molar-refractivity contribution in [2.45, 2.75) is 13.8 Å². The van der Waals surface area contributed by atoms with E-state index in [1.165, 1.54) is 10.8 Å². The van der Waals surface area contributed by atoms with Crippen molar-refractivity contribution in [1.29, 1.82) is 0 Å². The molecule has 15 heavy (non-hydrogen) atoms. The standard InChI is InChI=1S/C14H15N/c1-11(2)7-8-14-13-6-4-3-5-12(13)9-10-15-14/h3-11H,1-2H3/b8-7+. The lowest BCUT2D eigenvalue weighted by molar-refractivity contribution is 0.836. The maximum Gasteiger partial charge on any atom is 0.0704 e. The first-order valence-corrected chi connectivity index (χ1v) is 5.29. The first-order valence-electron chi connectivity index (χ1n) is 5.29. The zero-order valence-electron chi connectivity index (χ0n) is 9.14. The molecule has 1 heteroatoms. The van der Waals surface area contributed by atoms with Crippen molar-refractivity contribution >= 4 is 16.8 Å². The highest BCUT2D eigenvalue weighted by Gasteiger charge is 1.97. The molecule has 1 aromatic carbocycles. The summed E-state index contributed by atoms with van der Waals surface area (Å²) in [5, 5.41) is 2.47. The van der Waals surface area contributed by atoms with Crippen molar-refractivity contribution < 1.29 is 0 Å². The van der Waals surface area contributed by atoms with Crippen LogP contribution in [-0.2, 0) is 0 Å². The molecule has 0 saturated heterocycles. The van der Waals surface area contributed by atoms with Gasteiger partial charge in [0.2, 0.25) is 0 Å². The van der Waals surface area contributed by atoms with Crippen LogP contribution in [0.5, 0.6) is 0 Å². The Kier molecular flexibility index (Phi) is 2.82. The topological polar surface area (TPSA) is 12.9 Å². The van der Waals surface area contributed by atoms with Gasteiger partial charge in [-0.3, -0.25) is 4.98 Å². The minimum absolute atomic E-state index is 0.561. The van der Waals surface area contributed by atoms with Gasteiger partial charge < -0.3 is 0 Å². The second kappa shape index (κ2) is 4.26. The molecule has 0 unspecified atom stereocenters. The third kappa shape index (κ3) is 2.24. The number of rotatable bonds is 2. The zero-order valence-corrected chi connectivity index (χ0v) is 9.14. The minimum Gasteiger partial charge on any atom is -0.256 e. The van der Waals surface area contributed by atoms with Gasteiger partial charge in [0.05, 0.1) is 5.69 Å². The van der Waals surface area contributed by atoms with E-state index in [4.69, 9.17) is 0 Å². The summed E-state index contributed by atoms with van der Waals surface area (Å²) in [7, 11) is 0. The maximum absolute atomic E-state index is 4.39. The summed E-state index contributed by atoms with van der Waals surface area (Å²) in [5.41, 5.74) is 1.06. The molecule has 0 atom stereocenters. The van der Waals surface area contributed by atoms with Crippen LogP contribution in [0, 0.1) is 5.92 Å². The summed E-state index contributed by atoms with van der Waals surface area (Å²) in [6.45, 7) is 4.34. The minimum atomic E-state index is 0.561. The molecular weight excluding hydrogens is 182 g/mol. The number of aromatic nitrogens is 1. The average molecular weight is 197 g/mol. The fraction of sp³-hybridized carbons (Fsp3) is 0.214. The van der Waals surface area contributed by atoms with Crippen molar-refractivity contribution in [2.24, 2.45) is 5.92 Å². The Morgan fingerprint density at radius 3 is 2.73 bits per heavy atom. The van der Waals surface area contributed by atoms with Crippen molar-refractivity contribution in [3.63, 3.8) is 0 Å². The number of fused-ring (bicyclic) bond motifs is 1. The molecule has 0 bridgehead atoms. The molecule has 0 radical (unpaired) electrons. The highest BCUT2D eigenvalue weighted by Crippen LogP contribution is 2.17. The van der Waals surface area contributed by atoms with E-state index in [0.717, 1.165) is 5.69 Å². The summed E-state index contributed by atoms with van der Waals surface area (Å²) in [6, 6.07) is 10.4.